The second-order valence-electron chi connectivity index (χ2n) is 6.95. The van der Waals surface area contributed by atoms with Crippen LogP contribution in [0.2, 0.25) is 0 Å². The molecule has 1 aromatic rings. The standard InChI is InChI=1S/C18H24F3N3O5S/c1-13(2)11-22-17(25)12-28-23-14-7-9-24(10-8-14)30(26,27)16-5-3-15(4-6-16)29-18(19,20)21/h3-7,13,23H,8-12H2,1-2H3,(H,22,25). The van der Waals surface area contributed by atoms with Gasteiger partial charge in [-0.25, -0.2) is 8.42 Å². The zero-order chi connectivity index (χ0) is 22.4. The molecule has 0 bridgehead atoms. The van der Waals surface area contributed by atoms with E-state index in [1.54, 1.807) is 6.08 Å². The van der Waals surface area contributed by atoms with Crippen molar-refractivity contribution in [2.75, 3.05) is 26.2 Å². The third-order valence-electron chi connectivity index (χ3n) is 3.98. The molecule has 0 atom stereocenters. The molecule has 0 aliphatic carbocycles. The van der Waals surface area contributed by atoms with Crippen molar-refractivity contribution < 1.29 is 36.0 Å². The van der Waals surface area contributed by atoms with Gasteiger partial charge in [0, 0.05) is 31.8 Å². The number of rotatable bonds is 9. The number of benzene rings is 1. The fourth-order valence-electron chi connectivity index (χ4n) is 2.49. The van der Waals surface area contributed by atoms with Crippen LogP contribution in [0.15, 0.2) is 40.9 Å². The van der Waals surface area contributed by atoms with Crippen LogP contribution in [0.3, 0.4) is 0 Å². The Morgan fingerprint density at radius 2 is 1.90 bits per heavy atom. The predicted octanol–water partition coefficient (Wildman–Crippen LogP) is 2.16. The third kappa shape index (κ3) is 7.50. The number of carbonyl (C=O) groups is 1. The molecule has 0 fully saturated rings. The topological polar surface area (TPSA) is 97.0 Å². The van der Waals surface area contributed by atoms with Crippen LogP contribution in [0.4, 0.5) is 13.2 Å². The zero-order valence-electron chi connectivity index (χ0n) is 16.5. The van der Waals surface area contributed by atoms with Gasteiger partial charge in [0.25, 0.3) is 0 Å². The van der Waals surface area contributed by atoms with Crippen LogP contribution in [0.1, 0.15) is 20.3 Å². The Kier molecular flexibility index (Phi) is 8.10. The number of carbonyl (C=O) groups excluding carboxylic acids is 1. The summed E-state index contributed by atoms with van der Waals surface area (Å²) in [6.45, 7) is 4.49. The molecule has 2 rings (SSSR count). The number of amides is 1. The Morgan fingerprint density at radius 3 is 2.43 bits per heavy atom. The minimum atomic E-state index is -4.85. The lowest BCUT2D eigenvalue weighted by molar-refractivity contribution is -0.274. The molecule has 1 amide bonds. The van der Waals surface area contributed by atoms with E-state index in [0.29, 0.717) is 24.6 Å². The molecule has 2 N–H and O–H groups in total. The fourth-order valence-corrected chi connectivity index (χ4v) is 3.87. The molecule has 0 saturated heterocycles. The molecule has 168 valence electrons. The van der Waals surface area contributed by atoms with E-state index in [1.165, 1.54) is 4.31 Å². The fraction of sp³-hybridized carbons (Fsp3) is 0.500. The molecule has 1 aliphatic rings. The highest BCUT2D eigenvalue weighted by Crippen LogP contribution is 2.26. The number of hydroxylamine groups is 1. The van der Waals surface area contributed by atoms with Gasteiger partial charge in [0.05, 0.1) is 4.90 Å². The minimum Gasteiger partial charge on any atom is -0.406 e. The average molecular weight is 451 g/mol. The van der Waals surface area contributed by atoms with Gasteiger partial charge in [-0.3, -0.25) is 15.1 Å². The van der Waals surface area contributed by atoms with E-state index < -0.39 is 22.1 Å². The summed E-state index contributed by atoms with van der Waals surface area (Å²) in [4.78, 5) is 16.6. The Labute approximate surface area is 173 Å². The molecule has 0 saturated carbocycles. The van der Waals surface area contributed by atoms with Gasteiger partial charge in [-0.05, 0) is 36.3 Å². The maximum absolute atomic E-state index is 12.6. The summed E-state index contributed by atoms with van der Waals surface area (Å²) < 4.78 is 66.9. The maximum Gasteiger partial charge on any atom is 0.573 e. The monoisotopic (exact) mass is 451 g/mol. The van der Waals surface area contributed by atoms with E-state index in [1.807, 2.05) is 13.8 Å². The van der Waals surface area contributed by atoms with E-state index in [-0.39, 0.29) is 30.5 Å². The highest BCUT2D eigenvalue weighted by atomic mass is 32.2. The van der Waals surface area contributed by atoms with Crippen molar-refractivity contribution in [2.24, 2.45) is 5.92 Å². The first-order valence-electron chi connectivity index (χ1n) is 9.17. The van der Waals surface area contributed by atoms with E-state index in [0.717, 1.165) is 24.3 Å². The molecule has 1 aliphatic heterocycles. The summed E-state index contributed by atoms with van der Waals surface area (Å²) in [5.41, 5.74) is 3.27. The summed E-state index contributed by atoms with van der Waals surface area (Å²) >= 11 is 0. The van der Waals surface area contributed by atoms with Crippen molar-refractivity contribution in [1.82, 2.24) is 15.1 Å². The normalized spacial score (nSPS) is 15.6. The quantitative estimate of drug-likeness (QED) is 0.559. The largest absolute Gasteiger partial charge is 0.573 e. The highest BCUT2D eigenvalue weighted by Gasteiger charge is 2.31. The molecule has 0 unspecified atom stereocenters. The molecular formula is C18H24F3N3O5S. The smallest absolute Gasteiger partial charge is 0.406 e. The zero-order valence-corrected chi connectivity index (χ0v) is 17.3. The Morgan fingerprint density at radius 1 is 1.23 bits per heavy atom. The molecule has 0 aromatic heterocycles. The Hall–Kier alpha value is -2.31. The van der Waals surface area contributed by atoms with E-state index >= 15 is 0 Å². The van der Waals surface area contributed by atoms with Crippen LogP contribution in [0, 0.1) is 5.92 Å². The highest BCUT2D eigenvalue weighted by molar-refractivity contribution is 7.89. The first kappa shape index (κ1) is 24.0. The number of hydrogen-bond donors (Lipinski definition) is 2. The van der Waals surface area contributed by atoms with E-state index in [4.69, 9.17) is 4.84 Å². The second-order valence-corrected chi connectivity index (χ2v) is 8.89. The van der Waals surface area contributed by atoms with Crippen LogP contribution >= 0.6 is 0 Å². The molecule has 30 heavy (non-hydrogen) atoms. The molecule has 1 heterocycles. The number of sulfonamides is 1. The summed E-state index contributed by atoms with van der Waals surface area (Å²) in [6.07, 6.45) is -2.92. The minimum absolute atomic E-state index is 0.0500. The molecule has 8 nitrogen and oxygen atoms in total. The van der Waals surface area contributed by atoms with Crippen molar-refractivity contribution in [3.8, 4) is 5.75 Å². The predicted molar refractivity (Wildman–Crippen MR) is 102 cm³/mol. The van der Waals surface area contributed by atoms with Crippen LogP contribution in [-0.2, 0) is 19.7 Å². The third-order valence-corrected chi connectivity index (χ3v) is 5.86. The Bertz CT molecular complexity index is 855. The second kappa shape index (κ2) is 10.1. The Balaban J connectivity index is 1.86. The van der Waals surface area contributed by atoms with Crippen LogP contribution in [-0.4, -0.2) is 51.2 Å². The van der Waals surface area contributed by atoms with Gasteiger partial charge < -0.3 is 10.1 Å². The number of alkyl halides is 3. The first-order chi connectivity index (χ1) is 14.0. The summed E-state index contributed by atoms with van der Waals surface area (Å²) in [6, 6.07) is 4.02. The van der Waals surface area contributed by atoms with E-state index in [9.17, 15) is 26.4 Å². The van der Waals surface area contributed by atoms with Crippen LogP contribution < -0.4 is 15.5 Å². The van der Waals surface area contributed by atoms with Gasteiger partial charge in [-0.1, -0.05) is 13.8 Å². The lowest BCUT2D eigenvalue weighted by Crippen LogP contribution is -2.37. The number of hydrogen-bond acceptors (Lipinski definition) is 6. The van der Waals surface area contributed by atoms with E-state index in [2.05, 4.69) is 15.5 Å². The van der Waals surface area contributed by atoms with Gasteiger partial charge in [-0.2, -0.15) is 4.31 Å². The van der Waals surface area contributed by atoms with Gasteiger partial charge in [-0.15, -0.1) is 13.2 Å². The van der Waals surface area contributed by atoms with Crippen LogP contribution in [0.25, 0.3) is 0 Å². The van der Waals surface area contributed by atoms with Crippen LogP contribution in [0.5, 0.6) is 5.75 Å². The van der Waals surface area contributed by atoms with Crippen molar-refractivity contribution in [2.45, 2.75) is 31.5 Å². The number of halogens is 3. The van der Waals surface area contributed by atoms with Crippen molar-refractivity contribution in [3.05, 3.63) is 36.0 Å². The number of nitrogens with zero attached hydrogens (tertiary/aromatic N) is 1. The van der Waals surface area contributed by atoms with Gasteiger partial charge in [0.1, 0.15) is 5.75 Å². The first-order valence-corrected chi connectivity index (χ1v) is 10.6. The summed E-state index contributed by atoms with van der Waals surface area (Å²) in [7, 11) is -3.88. The average Bonchev–Trinajstić information content (AvgIpc) is 2.66. The van der Waals surface area contributed by atoms with Crippen molar-refractivity contribution >= 4 is 15.9 Å². The van der Waals surface area contributed by atoms with Crippen molar-refractivity contribution in [3.63, 3.8) is 0 Å². The molecule has 12 heteroatoms. The van der Waals surface area contributed by atoms with Gasteiger partial charge in [0.15, 0.2) is 6.61 Å². The molecular weight excluding hydrogens is 427 g/mol. The molecule has 1 aromatic carbocycles. The number of ether oxygens (including phenoxy) is 1. The molecule has 0 radical (unpaired) electrons. The lowest BCUT2D eigenvalue weighted by atomic mass is 10.2. The van der Waals surface area contributed by atoms with Gasteiger partial charge in [0.2, 0.25) is 15.9 Å². The number of nitrogens with one attached hydrogen (secondary N) is 2. The summed E-state index contributed by atoms with van der Waals surface area (Å²) in [5.74, 6) is -0.444. The lowest BCUT2D eigenvalue weighted by Gasteiger charge is -2.26. The maximum atomic E-state index is 12.6. The van der Waals surface area contributed by atoms with Gasteiger partial charge >= 0.3 is 6.36 Å². The summed E-state index contributed by atoms with van der Waals surface area (Å²) in [5, 5.41) is 2.70. The molecule has 0 spiro atoms. The SMILES string of the molecule is CC(C)CNC(=O)CONC1=CCN(S(=O)(=O)c2ccc(OC(F)(F)F)cc2)CC1. The van der Waals surface area contributed by atoms with Crippen molar-refractivity contribution in [1.29, 1.82) is 0 Å².